The summed E-state index contributed by atoms with van der Waals surface area (Å²) in [5.41, 5.74) is 3.87. The van der Waals surface area contributed by atoms with Gasteiger partial charge in [0.2, 0.25) is 0 Å². The van der Waals surface area contributed by atoms with Gasteiger partial charge in [0.05, 0.1) is 16.9 Å². The van der Waals surface area contributed by atoms with Gasteiger partial charge in [-0.3, -0.25) is 10.1 Å². The van der Waals surface area contributed by atoms with Gasteiger partial charge in [0.15, 0.2) is 5.13 Å². The average Bonchev–Trinajstić information content (AvgIpc) is 3.27. The Morgan fingerprint density at radius 3 is 2.30 bits per heavy atom. The predicted octanol–water partition coefficient (Wildman–Crippen LogP) is 4.86. The summed E-state index contributed by atoms with van der Waals surface area (Å²) >= 11 is 1.47. The second-order valence-corrected chi connectivity index (χ2v) is 7.36. The Morgan fingerprint density at radius 1 is 1.00 bits per heavy atom. The number of nitrogens with one attached hydrogen (secondary N) is 1. The van der Waals surface area contributed by atoms with Crippen molar-refractivity contribution in [2.45, 2.75) is 13.8 Å². The van der Waals surface area contributed by atoms with Crippen LogP contribution in [0.3, 0.4) is 0 Å². The molecular weight excluding hydrogens is 356 g/mol. The van der Waals surface area contributed by atoms with Crippen molar-refractivity contribution in [3.63, 3.8) is 0 Å². The van der Waals surface area contributed by atoms with Crippen LogP contribution >= 0.6 is 11.3 Å². The molecule has 2 aromatic heterocycles. The highest BCUT2D eigenvalue weighted by Gasteiger charge is 2.20. The van der Waals surface area contributed by atoms with Gasteiger partial charge in [0.1, 0.15) is 5.69 Å². The number of amides is 1. The quantitative estimate of drug-likeness (QED) is 0.555. The predicted molar refractivity (Wildman–Crippen MR) is 109 cm³/mol. The van der Waals surface area contributed by atoms with E-state index in [9.17, 15) is 4.79 Å². The van der Waals surface area contributed by atoms with E-state index >= 15 is 0 Å². The number of nitrogens with zero attached hydrogens (tertiary/aromatic N) is 3. The molecule has 0 aliphatic heterocycles. The van der Waals surface area contributed by atoms with Crippen LogP contribution in [0.2, 0.25) is 0 Å². The molecular formula is C21H18N4OS. The smallest absolute Gasteiger partial charge is 0.261 e. The van der Waals surface area contributed by atoms with Crippen molar-refractivity contribution in [2.24, 2.45) is 0 Å². The van der Waals surface area contributed by atoms with Gasteiger partial charge in [-0.2, -0.15) is 5.10 Å². The highest BCUT2D eigenvalue weighted by atomic mass is 32.1. The first-order valence-electron chi connectivity index (χ1n) is 8.58. The second-order valence-electron chi connectivity index (χ2n) is 6.15. The summed E-state index contributed by atoms with van der Waals surface area (Å²) < 4.78 is 1.73. The fourth-order valence-corrected chi connectivity index (χ4v) is 3.56. The van der Waals surface area contributed by atoms with E-state index in [1.807, 2.05) is 74.5 Å². The van der Waals surface area contributed by atoms with Gasteiger partial charge >= 0.3 is 0 Å². The molecule has 0 saturated heterocycles. The molecule has 2 aromatic carbocycles. The van der Waals surface area contributed by atoms with Crippen LogP contribution in [0.25, 0.3) is 16.9 Å². The SMILES string of the molecule is Cc1nc(NC(=O)c2cn(-c3ccccc3)nc2-c2ccccc2)sc1C. The number of carbonyl (C=O) groups excluding carboxylic acids is 1. The lowest BCUT2D eigenvalue weighted by atomic mass is 10.1. The number of para-hydroxylation sites is 1. The topological polar surface area (TPSA) is 59.8 Å². The molecule has 1 amide bonds. The second kappa shape index (κ2) is 7.17. The molecule has 0 bridgehead atoms. The van der Waals surface area contributed by atoms with Gasteiger partial charge in [0, 0.05) is 16.6 Å². The molecule has 2 heterocycles. The Morgan fingerprint density at radius 2 is 1.67 bits per heavy atom. The van der Waals surface area contributed by atoms with E-state index in [0.29, 0.717) is 16.4 Å². The lowest BCUT2D eigenvalue weighted by molar-refractivity contribution is 0.102. The van der Waals surface area contributed by atoms with Crippen molar-refractivity contribution < 1.29 is 4.79 Å². The van der Waals surface area contributed by atoms with Crippen LogP contribution in [0.4, 0.5) is 5.13 Å². The van der Waals surface area contributed by atoms with Gasteiger partial charge in [0.25, 0.3) is 5.91 Å². The van der Waals surface area contributed by atoms with Gasteiger partial charge in [-0.1, -0.05) is 48.5 Å². The number of hydrogen-bond acceptors (Lipinski definition) is 4. The molecule has 0 aliphatic rings. The maximum absolute atomic E-state index is 13.0. The monoisotopic (exact) mass is 374 g/mol. The van der Waals surface area contributed by atoms with Crippen molar-refractivity contribution in [1.82, 2.24) is 14.8 Å². The van der Waals surface area contributed by atoms with E-state index in [4.69, 9.17) is 0 Å². The molecule has 4 rings (SSSR count). The van der Waals surface area contributed by atoms with E-state index < -0.39 is 0 Å². The third-order valence-corrected chi connectivity index (χ3v) is 5.26. The van der Waals surface area contributed by atoms with Crippen LogP contribution in [0.1, 0.15) is 20.9 Å². The number of aromatic nitrogens is 3. The molecule has 0 radical (unpaired) electrons. The van der Waals surface area contributed by atoms with Crippen LogP contribution in [-0.4, -0.2) is 20.7 Å². The van der Waals surface area contributed by atoms with Crippen molar-refractivity contribution >= 4 is 22.4 Å². The third kappa shape index (κ3) is 3.52. The first-order chi connectivity index (χ1) is 13.1. The number of thiazole rings is 1. The summed E-state index contributed by atoms with van der Waals surface area (Å²) in [6.45, 7) is 3.93. The highest BCUT2D eigenvalue weighted by molar-refractivity contribution is 7.15. The molecule has 27 heavy (non-hydrogen) atoms. The molecule has 0 unspecified atom stereocenters. The summed E-state index contributed by atoms with van der Waals surface area (Å²) in [6.07, 6.45) is 1.76. The Hall–Kier alpha value is -3.25. The summed E-state index contributed by atoms with van der Waals surface area (Å²) in [5, 5.41) is 8.18. The van der Waals surface area contributed by atoms with Crippen LogP contribution in [0.5, 0.6) is 0 Å². The number of benzene rings is 2. The zero-order valence-electron chi connectivity index (χ0n) is 15.0. The summed E-state index contributed by atoms with van der Waals surface area (Å²) in [4.78, 5) is 18.5. The summed E-state index contributed by atoms with van der Waals surface area (Å²) in [6, 6.07) is 19.5. The van der Waals surface area contributed by atoms with Gasteiger partial charge in [-0.15, -0.1) is 11.3 Å². The molecule has 134 valence electrons. The van der Waals surface area contributed by atoms with Crippen LogP contribution < -0.4 is 5.32 Å². The van der Waals surface area contributed by atoms with Gasteiger partial charge in [-0.25, -0.2) is 9.67 Å². The number of hydrogen-bond donors (Lipinski definition) is 1. The first-order valence-corrected chi connectivity index (χ1v) is 9.39. The molecule has 6 heteroatoms. The number of carbonyl (C=O) groups is 1. The summed E-state index contributed by atoms with van der Waals surface area (Å²) in [7, 11) is 0. The van der Waals surface area contributed by atoms with Crippen molar-refractivity contribution in [1.29, 1.82) is 0 Å². The Kier molecular flexibility index (Phi) is 4.56. The first kappa shape index (κ1) is 17.2. The van der Waals surface area contributed by atoms with Crippen molar-refractivity contribution in [3.05, 3.63) is 83.0 Å². The third-order valence-electron chi connectivity index (χ3n) is 4.28. The standard InChI is InChI=1S/C21H18N4OS/c1-14-15(2)27-21(22-14)23-20(26)18-13-25(17-11-7-4-8-12-17)24-19(18)16-9-5-3-6-10-16/h3-13H,1-2H3,(H,22,23,26). The highest BCUT2D eigenvalue weighted by Crippen LogP contribution is 2.26. The molecule has 1 N–H and O–H groups in total. The van der Waals surface area contributed by atoms with Crippen molar-refractivity contribution in [2.75, 3.05) is 5.32 Å². The lowest BCUT2D eigenvalue weighted by Gasteiger charge is -2.02. The van der Waals surface area contributed by atoms with Crippen LogP contribution in [0, 0.1) is 13.8 Å². The lowest BCUT2D eigenvalue weighted by Crippen LogP contribution is -2.12. The zero-order chi connectivity index (χ0) is 18.8. The molecule has 0 aliphatic carbocycles. The molecule has 0 fully saturated rings. The maximum atomic E-state index is 13.0. The molecule has 0 saturated carbocycles. The largest absolute Gasteiger partial charge is 0.298 e. The molecule has 4 aromatic rings. The minimum Gasteiger partial charge on any atom is -0.298 e. The van der Waals surface area contributed by atoms with E-state index in [2.05, 4.69) is 15.4 Å². The van der Waals surface area contributed by atoms with E-state index in [1.165, 1.54) is 11.3 Å². The molecule has 0 spiro atoms. The Balaban J connectivity index is 1.75. The number of rotatable bonds is 4. The van der Waals surface area contributed by atoms with Crippen molar-refractivity contribution in [3.8, 4) is 16.9 Å². The maximum Gasteiger partial charge on any atom is 0.261 e. The zero-order valence-corrected chi connectivity index (χ0v) is 15.8. The van der Waals surface area contributed by atoms with E-state index in [1.54, 1.807) is 10.9 Å². The molecule has 5 nitrogen and oxygen atoms in total. The molecule has 0 atom stereocenters. The fourth-order valence-electron chi connectivity index (χ4n) is 2.75. The van der Waals surface area contributed by atoms with Gasteiger partial charge in [-0.05, 0) is 26.0 Å². The number of aryl methyl sites for hydroxylation is 2. The normalized spacial score (nSPS) is 10.7. The number of anilines is 1. The van der Waals surface area contributed by atoms with Crippen LogP contribution in [-0.2, 0) is 0 Å². The minimum absolute atomic E-state index is 0.218. The van der Waals surface area contributed by atoms with Crippen LogP contribution in [0.15, 0.2) is 66.9 Å². The Labute approximate surface area is 161 Å². The van der Waals surface area contributed by atoms with E-state index in [0.717, 1.165) is 21.8 Å². The van der Waals surface area contributed by atoms with E-state index in [-0.39, 0.29) is 5.91 Å². The Bertz CT molecular complexity index is 1060. The average molecular weight is 374 g/mol. The van der Waals surface area contributed by atoms with Gasteiger partial charge < -0.3 is 0 Å². The summed E-state index contributed by atoms with van der Waals surface area (Å²) in [5.74, 6) is -0.218. The minimum atomic E-state index is -0.218. The fraction of sp³-hybridized carbons (Fsp3) is 0.0952.